The van der Waals surface area contributed by atoms with Crippen LogP contribution in [0.15, 0.2) is 0 Å². The molecule has 0 aliphatic rings. The summed E-state index contributed by atoms with van der Waals surface area (Å²) in [6, 6.07) is 0.289. The Morgan fingerprint density at radius 1 is 1.00 bits per heavy atom. The normalized spacial score (nSPS) is 12.6. The van der Waals surface area contributed by atoms with Crippen LogP contribution in [0.25, 0.3) is 0 Å². The van der Waals surface area contributed by atoms with Gasteiger partial charge in [-0.3, -0.25) is 5.41 Å². The third kappa shape index (κ3) is 16.4. The summed E-state index contributed by atoms with van der Waals surface area (Å²) in [4.78, 5) is 2.29. The van der Waals surface area contributed by atoms with Crippen LogP contribution in [0.3, 0.4) is 0 Å². The van der Waals surface area contributed by atoms with E-state index < -0.39 is 6.10 Å². The zero-order valence-electron chi connectivity index (χ0n) is 16.7. The van der Waals surface area contributed by atoms with E-state index >= 15 is 0 Å². The van der Waals surface area contributed by atoms with E-state index in [1.165, 1.54) is 25.7 Å². The largest absolute Gasteiger partial charge is 0.394 e. The van der Waals surface area contributed by atoms with Crippen LogP contribution in [-0.4, -0.2) is 66.0 Å². The molecular weight excluding hydrogens is 316 g/mol. The predicted octanol–water partition coefficient (Wildman–Crippen LogP) is 2.30. The molecule has 0 bridgehead atoms. The van der Waals surface area contributed by atoms with Crippen LogP contribution in [0.4, 0.5) is 0 Å². The van der Waals surface area contributed by atoms with E-state index in [-0.39, 0.29) is 12.6 Å². The maximum Gasteiger partial charge on any atom is 0.188 e. The predicted molar refractivity (Wildman–Crippen MR) is 106 cm³/mol. The van der Waals surface area contributed by atoms with Crippen molar-refractivity contribution in [2.24, 2.45) is 0 Å². The molecule has 25 heavy (non-hydrogen) atoms. The minimum Gasteiger partial charge on any atom is -0.394 e. The lowest BCUT2D eigenvalue weighted by Gasteiger charge is -2.24. The molecule has 5 N–H and O–H groups in total. The standard InChI is InChI=1S/C19H42N4O2/c1-4-5-6-10-13-23(15-18(25)16-24)14-11-8-7-9-12-21-19(20)22-17(2)3/h17-18,24-25H,4-16H2,1-3H3,(H3,20,21,22). The summed E-state index contributed by atoms with van der Waals surface area (Å²) >= 11 is 0. The monoisotopic (exact) mass is 358 g/mol. The Labute approximate surface area is 154 Å². The van der Waals surface area contributed by atoms with Crippen LogP contribution in [0.1, 0.15) is 72.1 Å². The molecular formula is C19H42N4O2. The summed E-state index contributed by atoms with van der Waals surface area (Å²) in [5.74, 6) is 0.409. The van der Waals surface area contributed by atoms with Crippen molar-refractivity contribution < 1.29 is 10.2 Å². The number of nitrogens with one attached hydrogen (secondary N) is 3. The molecule has 6 heteroatoms. The quantitative estimate of drug-likeness (QED) is 0.166. The summed E-state index contributed by atoms with van der Waals surface area (Å²) < 4.78 is 0. The minimum atomic E-state index is -0.630. The van der Waals surface area contributed by atoms with Gasteiger partial charge in [0, 0.05) is 19.1 Å². The van der Waals surface area contributed by atoms with E-state index in [4.69, 9.17) is 10.5 Å². The molecule has 1 unspecified atom stereocenters. The van der Waals surface area contributed by atoms with Gasteiger partial charge in [0.05, 0.1) is 12.7 Å². The second kappa shape index (κ2) is 16.6. The highest BCUT2D eigenvalue weighted by Gasteiger charge is 2.10. The minimum absolute atomic E-state index is 0.159. The van der Waals surface area contributed by atoms with E-state index in [2.05, 4.69) is 22.5 Å². The summed E-state index contributed by atoms with van der Waals surface area (Å²) in [7, 11) is 0. The highest BCUT2D eigenvalue weighted by molar-refractivity contribution is 5.76. The highest BCUT2D eigenvalue weighted by Crippen LogP contribution is 2.06. The van der Waals surface area contributed by atoms with Crippen molar-refractivity contribution in [3.8, 4) is 0 Å². The maximum atomic E-state index is 9.69. The molecule has 0 aromatic rings. The van der Waals surface area contributed by atoms with Gasteiger partial charge in [0.15, 0.2) is 5.96 Å². The fourth-order valence-corrected chi connectivity index (χ4v) is 2.78. The van der Waals surface area contributed by atoms with E-state index in [1.807, 2.05) is 13.8 Å². The van der Waals surface area contributed by atoms with Crippen molar-refractivity contribution >= 4 is 5.96 Å². The molecule has 0 rings (SSSR count). The van der Waals surface area contributed by atoms with Crippen molar-refractivity contribution in [3.05, 3.63) is 0 Å². The van der Waals surface area contributed by atoms with Gasteiger partial charge in [-0.2, -0.15) is 0 Å². The van der Waals surface area contributed by atoms with E-state index in [9.17, 15) is 5.11 Å². The molecule has 0 saturated carbocycles. The molecule has 1 atom stereocenters. The summed E-state index contributed by atoms with van der Waals surface area (Å²) in [6.07, 6.45) is 8.77. The van der Waals surface area contributed by atoms with E-state index in [0.29, 0.717) is 12.5 Å². The number of hydrogen-bond acceptors (Lipinski definition) is 4. The second-order valence-corrected chi connectivity index (χ2v) is 7.21. The first kappa shape index (κ1) is 24.1. The number of aliphatic hydroxyl groups excluding tert-OH is 2. The number of guanidine groups is 1. The number of nitrogens with zero attached hydrogens (tertiary/aromatic N) is 1. The van der Waals surface area contributed by atoms with Gasteiger partial charge < -0.3 is 25.7 Å². The van der Waals surface area contributed by atoms with Crippen LogP contribution in [0.5, 0.6) is 0 Å². The van der Waals surface area contributed by atoms with Crippen molar-refractivity contribution in [1.29, 1.82) is 5.41 Å². The topological polar surface area (TPSA) is 91.6 Å². The molecule has 6 nitrogen and oxygen atoms in total. The van der Waals surface area contributed by atoms with Crippen LogP contribution in [0.2, 0.25) is 0 Å². The Morgan fingerprint density at radius 2 is 1.60 bits per heavy atom. The van der Waals surface area contributed by atoms with Gasteiger partial charge in [-0.15, -0.1) is 0 Å². The zero-order valence-corrected chi connectivity index (χ0v) is 16.7. The molecule has 0 radical (unpaired) electrons. The lowest BCUT2D eigenvalue weighted by Crippen LogP contribution is -2.40. The Balaban J connectivity index is 3.76. The number of hydrogen-bond donors (Lipinski definition) is 5. The highest BCUT2D eigenvalue weighted by atomic mass is 16.3. The van der Waals surface area contributed by atoms with Gasteiger partial charge in [0.1, 0.15) is 0 Å². The number of rotatable bonds is 16. The fraction of sp³-hybridized carbons (Fsp3) is 0.947. The van der Waals surface area contributed by atoms with E-state index in [1.54, 1.807) is 0 Å². The zero-order chi connectivity index (χ0) is 18.9. The SMILES string of the molecule is CCCCCCN(CCCCCCNC(=N)NC(C)C)CC(O)CO. The van der Waals surface area contributed by atoms with Crippen molar-refractivity contribution in [3.63, 3.8) is 0 Å². The Bertz CT molecular complexity index is 314. The number of aliphatic hydroxyl groups is 2. The maximum absolute atomic E-state index is 9.69. The van der Waals surface area contributed by atoms with Crippen molar-refractivity contribution in [1.82, 2.24) is 15.5 Å². The summed E-state index contributed by atoms with van der Waals surface area (Å²) in [6.45, 7) is 9.51. The molecule has 0 aromatic heterocycles. The second-order valence-electron chi connectivity index (χ2n) is 7.21. The van der Waals surface area contributed by atoms with Gasteiger partial charge in [-0.25, -0.2) is 0 Å². The Kier molecular flexibility index (Phi) is 16.0. The van der Waals surface area contributed by atoms with Crippen molar-refractivity contribution in [2.45, 2.75) is 84.3 Å². The Morgan fingerprint density at radius 3 is 2.16 bits per heavy atom. The smallest absolute Gasteiger partial charge is 0.188 e. The first-order valence-corrected chi connectivity index (χ1v) is 10.1. The molecule has 0 saturated heterocycles. The molecule has 0 aromatic carbocycles. The third-order valence-corrected chi connectivity index (χ3v) is 4.14. The lowest BCUT2D eigenvalue weighted by atomic mass is 10.1. The molecule has 0 aliphatic carbocycles. The first-order chi connectivity index (χ1) is 12.0. The van der Waals surface area contributed by atoms with Gasteiger partial charge in [0.2, 0.25) is 0 Å². The average molecular weight is 359 g/mol. The molecule has 150 valence electrons. The molecule has 0 aliphatic heterocycles. The number of unbranched alkanes of at least 4 members (excludes halogenated alkanes) is 6. The van der Waals surface area contributed by atoms with Gasteiger partial charge in [-0.1, -0.05) is 39.0 Å². The third-order valence-electron chi connectivity index (χ3n) is 4.14. The molecule has 0 fully saturated rings. The van der Waals surface area contributed by atoms with Gasteiger partial charge in [0.25, 0.3) is 0 Å². The summed E-state index contributed by atoms with van der Waals surface area (Å²) in [5.41, 5.74) is 0. The van der Waals surface area contributed by atoms with Gasteiger partial charge >= 0.3 is 0 Å². The summed E-state index contributed by atoms with van der Waals surface area (Å²) in [5, 5.41) is 32.6. The van der Waals surface area contributed by atoms with Crippen LogP contribution >= 0.6 is 0 Å². The lowest BCUT2D eigenvalue weighted by molar-refractivity contribution is 0.0579. The average Bonchev–Trinajstić information content (AvgIpc) is 2.56. The Hall–Kier alpha value is -0.850. The van der Waals surface area contributed by atoms with Crippen LogP contribution in [-0.2, 0) is 0 Å². The molecule has 0 heterocycles. The molecule has 0 spiro atoms. The first-order valence-electron chi connectivity index (χ1n) is 10.1. The van der Waals surface area contributed by atoms with Gasteiger partial charge in [-0.05, 0) is 46.2 Å². The molecule has 0 amide bonds. The van der Waals surface area contributed by atoms with Crippen LogP contribution < -0.4 is 10.6 Å². The van der Waals surface area contributed by atoms with Crippen LogP contribution in [0, 0.1) is 5.41 Å². The van der Waals surface area contributed by atoms with E-state index in [0.717, 1.165) is 45.3 Å². The fourth-order valence-electron chi connectivity index (χ4n) is 2.78. The van der Waals surface area contributed by atoms with Crippen molar-refractivity contribution in [2.75, 3.05) is 32.8 Å².